The van der Waals surface area contributed by atoms with Crippen molar-refractivity contribution in [1.29, 1.82) is 0 Å². The Kier molecular flexibility index (Phi) is 4.92. The van der Waals surface area contributed by atoms with Crippen LogP contribution in [0.15, 0.2) is 18.2 Å². The van der Waals surface area contributed by atoms with Crippen molar-refractivity contribution >= 4 is 11.6 Å². The fourth-order valence-corrected chi connectivity index (χ4v) is 1.52. The maximum absolute atomic E-state index is 13.0. The third-order valence-corrected chi connectivity index (χ3v) is 3.46. The van der Waals surface area contributed by atoms with Crippen molar-refractivity contribution in [3.05, 3.63) is 34.6 Å². The zero-order valence-corrected chi connectivity index (χ0v) is 11.6. The highest BCUT2D eigenvalue weighted by molar-refractivity contribution is 6.31. The minimum Gasteiger partial charge on any atom is -0.311 e. The molecule has 4 heteroatoms. The molecule has 17 heavy (non-hydrogen) atoms. The topological polar surface area (TPSA) is 15.3 Å². The Labute approximate surface area is 108 Å². The number of hydrogen-bond acceptors (Lipinski definition) is 2. The average molecular weight is 259 g/mol. The second-order valence-electron chi connectivity index (χ2n) is 5.05. The predicted molar refractivity (Wildman–Crippen MR) is 70.9 cm³/mol. The number of likely N-dealkylation sites (N-methyl/N-ethyl adjacent to an activating group) is 1. The number of nitrogens with zero attached hydrogens (tertiary/aromatic N) is 1. The van der Waals surface area contributed by atoms with Crippen LogP contribution in [0.4, 0.5) is 4.39 Å². The Balaban J connectivity index is 2.54. The lowest BCUT2D eigenvalue weighted by molar-refractivity contribution is 0.190. The van der Waals surface area contributed by atoms with E-state index in [2.05, 4.69) is 24.1 Å². The summed E-state index contributed by atoms with van der Waals surface area (Å²) in [6.45, 7) is 5.68. The summed E-state index contributed by atoms with van der Waals surface area (Å²) in [6, 6.07) is 4.43. The summed E-state index contributed by atoms with van der Waals surface area (Å²) in [5.41, 5.74) is 0.848. The molecule has 0 aliphatic rings. The fourth-order valence-electron chi connectivity index (χ4n) is 1.34. The van der Waals surface area contributed by atoms with Crippen molar-refractivity contribution < 1.29 is 4.39 Å². The molecule has 0 aromatic heterocycles. The summed E-state index contributed by atoms with van der Waals surface area (Å²) in [7, 11) is 4.08. The van der Waals surface area contributed by atoms with Gasteiger partial charge in [-0.15, -0.1) is 0 Å². The number of nitrogens with one attached hydrogen (secondary N) is 1. The highest BCUT2D eigenvalue weighted by atomic mass is 35.5. The van der Waals surface area contributed by atoms with Crippen molar-refractivity contribution in [1.82, 2.24) is 10.2 Å². The van der Waals surface area contributed by atoms with Crippen LogP contribution in [0, 0.1) is 5.82 Å². The highest BCUT2D eigenvalue weighted by Crippen LogP contribution is 2.17. The van der Waals surface area contributed by atoms with Crippen molar-refractivity contribution in [3.8, 4) is 0 Å². The van der Waals surface area contributed by atoms with Crippen LogP contribution in [0.2, 0.25) is 5.02 Å². The van der Waals surface area contributed by atoms with Gasteiger partial charge in [0.25, 0.3) is 0 Å². The van der Waals surface area contributed by atoms with E-state index in [1.807, 2.05) is 14.1 Å². The van der Waals surface area contributed by atoms with Crippen molar-refractivity contribution in [3.63, 3.8) is 0 Å². The lowest BCUT2D eigenvalue weighted by atomic mass is 10.0. The molecule has 0 amide bonds. The standard InChI is InChI=1S/C13H20ClFN2/c1-13(2,17(3)4)9-16-8-10-7-11(15)5-6-12(10)14/h5-7,16H,8-9H2,1-4H3. The first-order valence-corrected chi connectivity index (χ1v) is 6.03. The summed E-state index contributed by atoms with van der Waals surface area (Å²) in [5, 5.41) is 3.90. The molecule has 1 aromatic carbocycles. The fraction of sp³-hybridized carbons (Fsp3) is 0.538. The smallest absolute Gasteiger partial charge is 0.123 e. The zero-order chi connectivity index (χ0) is 13.1. The van der Waals surface area contributed by atoms with E-state index in [1.54, 1.807) is 6.07 Å². The van der Waals surface area contributed by atoms with Crippen LogP contribution in [0.5, 0.6) is 0 Å². The number of rotatable bonds is 5. The highest BCUT2D eigenvalue weighted by Gasteiger charge is 2.19. The second kappa shape index (κ2) is 5.80. The number of halogens is 2. The van der Waals surface area contributed by atoms with Crippen molar-refractivity contribution in [2.45, 2.75) is 25.9 Å². The van der Waals surface area contributed by atoms with Gasteiger partial charge in [0.1, 0.15) is 5.82 Å². The minimum absolute atomic E-state index is 0.0554. The van der Waals surface area contributed by atoms with Gasteiger partial charge in [-0.1, -0.05) is 11.6 Å². The molecule has 0 spiro atoms. The monoisotopic (exact) mass is 258 g/mol. The molecule has 0 aliphatic heterocycles. The molecule has 0 saturated carbocycles. The maximum atomic E-state index is 13.0. The van der Waals surface area contributed by atoms with Gasteiger partial charge in [0.15, 0.2) is 0 Å². The maximum Gasteiger partial charge on any atom is 0.123 e. The molecule has 1 rings (SSSR count). The second-order valence-corrected chi connectivity index (χ2v) is 5.45. The normalized spacial score (nSPS) is 12.2. The molecular weight excluding hydrogens is 239 g/mol. The molecular formula is C13H20ClFN2. The van der Waals surface area contributed by atoms with E-state index in [0.717, 1.165) is 12.1 Å². The quantitative estimate of drug-likeness (QED) is 0.874. The van der Waals surface area contributed by atoms with E-state index < -0.39 is 0 Å². The third kappa shape index (κ3) is 4.26. The largest absolute Gasteiger partial charge is 0.311 e. The average Bonchev–Trinajstić information content (AvgIpc) is 2.22. The molecule has 0 radical (unpaired) electrons. The van der Waals surface area contributed by atoms with E-state index in [-0.39, 0.29) is 11.4 Å². The first-order chi connectivity index (χ1) is 7.83. The lowest BCUT2D eigenvalue weighted by Crippen LogP contribution is -2.46. The Morgan fingerprint density at radius 3 is 2.59 bits per heavy atom. The molecule has 0 heterocycles. The van der Waals surface area contributed by atoms with Gasteiger partial charge in [-0.05, 0) is 51.7 Å². The summed E-state index contributed by atoms with van der Waals surface area (Å²) in [4.78, 5) is 2.15. The van der Waals surface area contributed by atoms with Gasteiger partial charge in [-0.25, -0.2) is 4.39 Å². The van der Waals surface area contributed by atoms with Gasteiger partial charge in [0.05, 0.1) is 0 Å². The van der Waals surface area contributed by atoms with E-state index in [0.29, 0.717) is 11.6 Å². The van der Waals surface area contributed by atoms with Crippen LogP contribution in [0.3, 0.4) is 0 Å². The summed E-state index contributed by atoms with van der Waals surface area (Å²) >= 11 is 5.99. The Hall–Kier alpha value is -0.640. The van der Waals surface area contributed by atoms with Crippen LogP contribution < -0.4 is 5.32 Å². The molecule has 96 valence electrons. The van der Waals surface area contributed by atoms with Gasteiger partial charge in [0.2, 0.25) is 0 Å². The Morgan fingerprint density at radius 2 is 2.00 bits per heavy atom. The number of benzene rings is 1. The van der Waals surface area contributed by atoms with Crippen molar-refractivity contribution in [2.24, 2.45) is 0 Å². The van der Waals surface area contributed by atoms with Gasteiger partial charge in [-0.3, -0.25) is 0 Å². The van der Waals surface area contributed by atoms with Crippen LogP contribution in [-0.2, 0) is 6.54 Å². The SMILES string of the molecule is CN(C)C(C)(C)CNCc1cc(F)ccc1Cl. The van der Waals surface area contributed by atoms with Gasteiger partial charge in [0, 0.05) is 23.7 Å². The van der Waals surface area contributed by atoms with E-state index in [4.69, 9.17) is 11.6 Å². The summed E-state index contributed by atoms with van der Waals surface area (Å²) in [5.74, 6) is -0.252. The van der Waals surface area contributed by atoms with Crippen LogP contribution in [0.1, 0.15) is 19.4 Å². The van der Waals surface area contributed by atoms with E-state index in [1.165, 1.54) is 12.1 Å². The third-order valence-electron chi connectivity index (χ3n) is 3.09. The van der Waals surface area contributed by atoms with Crippen molar-refractivity contribution in [2.75, 3.05) is 20.6 Å². The minimum atomic E-state index is -0.252. The number of hydrogen-bond donors (Lipinski definition) is 1. The Bertz CT molecular complexity index is 378. The summed E-state index contributed by atoms with van der Waals surface area (Å²) in [6.07, 6.45) is 0. The van der Waals surface area contributed by atoms with Gasteiger partial charge < -0.3 is 10.2 Å². The summed E-state index contributed by atoms with van der Waals surface area (Å²) < 4.78 is 13.0. The van der Waals surface area contributed by atoms with Crippen LogP contribution in [-0.4, -0.2) is 31.1 Å². The predicted octanol–water partition coefficient (Wildman–Crippen LogP) is 2.91. The van der Waals surface area contributed by atoms with Gasteiger partial charge in [-0.2, -0.15) is 0 Å². The molecule has 2 nitrogen and oxygen atoms in total. The molecule has 0 atom stereocenters. The first-order valence-electron chi connectivity index (χ1n) is 5.65. The molecule has 1 N–H and O–H groups in total. The molecule has 0 bridgehead atoms. The first kappa shape index (κ1) is 14.4. The van der Waals surface area contributed by atoms with E-state index >= 15 is 0 Å². The van der Waals surface area contributed by atoms with Crippen LogP contribution >= 0.6 is 11.6 Å². The zero-order valence-electron chi connectivity index (χ0n) is 10.8. The van der Waals surface area contributed by atoms with Gasteiger partial charge >= 0.3 is 0 Å². The molecule has 1 aromatic rings. The Morgan fingerprint density at radius 1 is 1.35 bits per heavy atom. The van der Waals surface area contributed by atoms with Crippen LogP contribution in [0.25, 0.3) is 0 Å². The molecule has 0 aliphatic carbocycles. The van der Waals surface area contributed by atoms with E-state index in [9.17, 15) is 4.39 Å². The molecule has 0 saturated heterocycles. The molecule has 0 fully saturated rings. The molecule has 0 unspecified atom stereocenters. The lowest BCUT2D eigenvalue weighted by Gasteiger charge is -2.32.